The fraction of sp³-hybridized carbons (Fsp3) is 0.562. The highest BCUT2D eigenvalue weighted by Gasteiger charge is 2.23. The maximum absolute atomic E-state index is 12.0. The molecule has 1 atom stereocenters. The Morgan fingerprint density at radius 2 is 1.95 bits per heavy atom. The van der Waals surface area contributed by atoms with Crippen LogP contribution >= 0.6 is 0 Å². The summed E-state index contributed by atoms with van der Waals surface area (Å²) in [5.41, 5.74) is 0.937. The molecule has 21 heavy (non-hydrogen) atoms. The molecule has 0 aliphatic heterocycles. The number of methoxy groups -OCH3 is 1. The van der Waals surface area contributed by atoms with Gasteiger partial charge >= 0.3 is 6.03 Å². The Labute approximate surface area is 126 Å². The van der Waals surface area contributed by atoms with Gasteiger partial charge in [-0.1, -0.05) is 26.0 Å². The zero-order chi connectivity index (χ0) is 16.0. The Morgan fingerprint density at radius 3 is 2.43 bits per heavy atom. The number of urea groups is 1. The van der Waals surface area contributed by atoms with E-state index in [0.717, 1.165) is 11.3 Å². The Hall–Kier alpha value is -1.75. The normalized spacial score (nSPS) is 12.7. The lowest BCUT2D eigenvalue weighted by atomic mass is 9.84. The summed E-state index contributed by atoms with van der Waals surface area (Å²) in [4.78, 5) is 13.5. The van der Waals surface area contributed by atoms with Crippen molar-refractivity contribution in [2.24, 2.45) is 0 Å². The van der Waals surface area contributed by atoms with Gasteiger partial charge in [0.05, 0.1) is 19.8 Å². The molecule has 5 heteroatoms. The van der Waals surface area contributed by atoms with E-state index in [1.54, 1.807) is 21.1 Å². The van der Waals surface area contributed by atoms with Gasteiger partial charge in [-0.2, -0.15) is 0 Å². The van der Waals surface area contributed by atoms with Crippen molar-refractivity contribution in [2.45, 2.75) is 32.2 Å². The van der Waals surface area contributed by atoms with Crippen LogP contribution in [0, 0.1) is 0 Å². The summed E-state index contributed by atoms with van der Waals surface area (Å²) in [7, 11) is 3.31. The van der Waals surface area contributed by atoms with Crippen molar-refractivity contribution in [2.75, 3.05) is 27.3 Å². The van der Waals surface area contributed by atoms with Gasteiger partial charge in [-0.25, -0.2) is 4.79 Å². The number of aliphatic hydroxyl groups excluding tert-OH is 1. The molecule has 1 aromatic rings. The van der Waals surface area contributed by atoms with Crippen molar-refractivity contribution in [3.63, 3.8) is 0 Å². The molecule has 0 heterocycles. The van der Waals surface area contributed by atoms with Crippen LogP contribution in [0.1, 0.15) is 26.3 Å². The van der Waals surface area contributed by atoms with Gasteiger partial charge in [-0.05, 0) is 24.6 Å². The van der Waals surface area contributed by atoms with Gasteiger partial charge in [0.25, 0.3) is 0 Å². The van der Waals surface area contributed by atoms with Crippen LogP contribution in [0.3, 0.4) is 0 Å². The first kappa shape index (κ1) is 17.3. The second-order valence-corrected chi connectivity index (χ2v) is 5.91. The highest BCUT2D eigenvalue weighted by molar-refractivity contribution is 5.74. The number of likely N-dealkylation sites (N-methyl/N-ethyl adjacent to an activating group) is 1. The Kier molecular flexibility index (Phi) is 6.03. The summed E-state index contributed by atoms with van der Waals surface area (Å²) >= 11 is 0. The summed E-state index contributed by atoms with van der Waals surface area (Å²) in [6.45, 7) is 6.41. The van der Waals surface area contributed by atoms with Crippen LogP contribution in [0.5, 0.6) is 5.75 Å². The fourth-order valence-electron chi connectivity index (χ4n) is 1.89. The van der Waals surface area contributed by atoms with Gasteiger partial charge in [-0.3, -0.25) is 0 Å². The molecule has 0 saturated carbocycles. The molecule has 0 bridgehead atoms. The first-order valence-corrected chi connectivity index (χ1v) is 7.08. The zero-order valence-electron chi connectivity index (χ0n) is 13.5. The summed E-state index contributed by atoms with van der Waals surface area (Å²) in [5.74, 6) is 0.815. The predicted octanol–water partition coefficient (Wildman–Crippen LogP) is 2.00. The first-order valence-electron chi connectivity index (χ1n) is 7.08. The Bertz CT molecular complexity index is 457. The van der Waals surface area contributed by atoms with Crippen LogP contribution in [0.4, 0.5) is 4.79 Å². The van der Waals surface area contributed by atoms with E-state index in [2.05, 4.69) is 19.2 Å². The van der Waals surface area contributed by atoms with Crippen LogP contribution in [-0.4, -0.2) is 49.4 Å². The molecule has 0 aliphatic rings. The van der Waals surface area contributed by atoms with Gasteiger partial charge in [0, 0.05) is 19.0 Å². The molecule has 0 aliphatic carbocycles. The smallest absolute Gasteiger partial charge is 0.317 e. The van der Waals surface area contributed by atoms with Gasteiger partial charge in [-0.15, -0.1) is 0 Å². The van der Waals surface area contributed by atoms with Crippen LogP contribution in [0.25, 0.3) is 0 Å². The molecule has 0 radical (unpaired) electrons. The third kappa shape index (κ3) is 4.63. The number of carbonyl (C=O) groups excluding carboxylic acids is 1. The molecule has 1 unspecified atom stereocenters. The second-order valence-electron chi connectivity index (χ2n) is 5.91. The average Bonchev–Trinajstić information content (AvgIpc) is 2.51. The third-order valence-corrected chi connectivity index (χ3v) is 3.80. The summed E-state index contributed by atoms with van der Waals surface area (Å²) < 4.78 is 5.15. The molecule has 2 amide bonds. The number of amides is 2. The molecular formula is C16H26N2O3. The van der Waals surface area contributed by atoms with Crippen molar-refractivity contribution in [3.8, 4) is 5.75 Å². The largest absolute Gasteiger partial charge is 0.497 e. The zero-order valence-corrected chi connectivity index (χ0v) is 13.5. The highest BCUT2D eigenvalue weighted by Crippen LogP contribution is 2.24. The summed E-state index contributed by atoms with van der Waals surface area (Å²) in [5, 5.41) is 12.0. The van der Waals surface area contributed by atoms with Gasteiger partial charge in [0.1, 0.15) is 5.75 Å². The number of benzene rings is 1. The van der Waals surface area contributed by atoms with Crippen LogP contribution in [0.15, 0.2) is 24.3 Å². The number of hydrogen-bond donors (Lipinski definition) is 2. The predicted molar refractivity (Wildman–Crippen MR) is 83.7 cm³/mol. The van der Waals surface area contributed by atoms with Crippen molar-refractivity contribution >= 4 is 6.03 Å². The van der Waals surface area contributed by atoms with Crippen molar-refractivity contribution < 1.29 is 14.6 Å². The molecule has 0 fully saturated rings. The van der Waals surface area contributed by atoms with E-state index in [9.17, 15) is 4.79 Å². The summed E-state index contributed by atoms with van der Waals surface area (Å²) in [6.07, 6.45) is 0. The number of hydrogen-bond acceptors (Lipinski definition) is 3. The number of nitrogens with zero attached hydrogens (tertiary/aromatic N) is 1. The van der Waals surface area contributed by atoms with Crippen molar-refractivity contribution in [1.29, 1.82) is 0 Å². The maximum atomic E-state index is 12.0. The maximum Gasteiger partial charge on any atom is 0.317 e. The molecule has 1 rings (SSSR count). The lowest BCUT2D eigenvalue weighted by Gasteiger charge is -2.29. The van der Waals surface area contributed by atoms with Crippen LogP contribution in [0.2, 0.25) is 0 Å². The van der Waals surface area contributed by atoms with Crippen molar-refractivity contribution in [1.82, 2.24) is 10.2 Å². The molecule has 1 aromatic carbocycles. The number of aliphatic hydroxyl groups is 1. The van der Waals surface area contributed by atoms with E-state index in [1.165, 1.54) is 4.90 Å². The lowest BCUT2D eigenvalue weighted by molar-refractivity contribution is 0.156. The monoisotopic (exact) mass is 294 g/mol. The topological polar surface area (TPSA) is 61.8 Å². The number of carbonyl (C=O) groups is 1. The lowest BCUT2D eigenvalue weighted by Crippen LogP contribution is -2.47. The molecular weight excluding hydrogens is 268 g/mol. The average molecular weight is 294 g/mol. The minimum Gasteiger partial charge on any atom is -0.497 e. The van der Waals surface area contributed by atoms with E-state index in [1.807, 2.05) is 24.3 Å². The molecule has 0 spiro atoms. The standard InChI is InChI=1S/C16H26N2O3/c1-12(10-19)18(4)15(20)17-11-16(2,3)13-6-8-14(21-5)9-7-13/h6-9,12,19H,10-11H2,1-5H3,(H,17,20). The Balaban J connectivity index is 2.65. The molecule has 118 valence electrons. The molecule has 0 aromatic heterocycles. The van der Waals surface area contributed by atoms with Crippen molar-refractivity contribution in [3.05, 3.63) is 29.8 Å². The van der Waals surface area contributed by atoms with E-state index in [4.69, 9.17) is 9.84 Å². The third-order valence-electron chi connectivity index (χ3n) is 3.80. The minimum absolute atomic E-state index is 0.0498. The second kappa shape index (κ2) is 7.31. The number of rotatable bonds is 6. The van der Waals surface area contributed by atoms with E-state index < -0.39 is 0 Å². The quantitative estimate of drug-likeness (QED) is 0.843. The first-order chi connectivity index (χ1) is 9.81. The van der Waals surface area contributed by atoms with Crippen LogP contribution in [-0.2, 0) is 5.41 Å². The van der Waals surface area contributed by atoms with Gasteiger partial charge in [0.15, 0.2) is 0 Å². The van der Waals surface area contributed by atoms with E-state index in [-0.39, 0.29) is 24.1 Å². The van der Waals surface area contributed by atoms with Gasteiger partial charge < -0.3 is 20.1 Å². The Morgan fingerprint density at radius 1 is 1.38 bits per heavy atom. The number of ether oxygens (including phenoxy) is 1. The molecule has 5 nitrogen and oxygen atoms in total. The van der Waals surface area contributed by atoms with Gasteiger partial charge in [0.2, 0.25) is 0 Å². The number of nitrogens with one attached hydrogen (secondary N) is 1. The fourth-order valence-corrected chi connectivity index (χ4v) is 1.89. The van der Waals surface area contributed by atoms with Crippen LogP contribution < -0.4 is 10.1 Å². The van der Waals surface area contributed by atoms with E-state index >= 15 is 0 Å². The summed E-state index contributed by atoms with van der Waals surface area (Å²) in [6, 6.07) is 7.46. The minimum atomic E-state index is -0.200. The highest BCUT2D eigenvalue weighted by atomic mass is 16.5. The molecule has 2 N–H and O–H groups in total. The SMILES string of the molecule is COc1ccc(C(C)(C)CNC(=O)N(C)C(C)CO)cc1. The van der Waals surface area contributed by atoms with E-state index in [0.29, 0.717) is 6.54 Å². The molecule has 0 saturated heterocycles.